The fourth-order valence-electron chi connectivity index (χ4n) is 2.54. The number of nitrogens with zero attached hydrogens (tertiary/aromatic N) is 3. The zero-order valence-electron chi connectivity index (χ0n) is 12.5. The summed E-state index contributed by atoms with van der Waals surface area (Å²) in [4.78, 5) is 2.05. The maximum Gasteiger partial charge on any atom is 0.213 e. The fraction of sp³-hybridized carbons (Fsp3) is 0.533. The first-order valence-corrected chi connectivity index (χ1v) is 8.77. The molecule has 0 aliphatic carbocycles. The van der Waals surface area contributed by atoms with Gasteiger partial charge in [-0.1, -0.05) is 29.8 Å². The van der Waals surface area contributed by atoms with Crippen molar-refractivity contribution in [3.63, 3.8) is 0 Å². The molecule has 1 saturated heterocycles. The quantitative estimate of drug-likeness (QED) is 0.846. The van der Waals surface area contributed by atoms with E-state index in [1.807, 2.05) is 36.1 Å². The van der Waals surface area contributed by atoms with Crippen LogP contribution in [-0.4, -0.2) is 49.6 Å². The molecular formula is C15H21N3O2S. The third kappa shape index (κ3) is 3.62. The van der Waals surface area contributed by atoms with E-state index in [4.69, 9.17) is 0 Å². The monoisotopic (exact) mass is 307 g/mol. The second kappa shape index (κ2) is 6.56. The van der Waals surface area contributed by atoms with E-state index in [2.05, 4.69) is 6.07 Å². The molecule has 1 unspecified atom stereocenters. The standard InChI is InChI=1S/C15H21N3O2S/c1-3-21(19,20)18-10-8-17(9-11-18)15(12-16)14-6-4-13(2)5-7-14/h4-7,15H,3,8-11H2,1-2H3. The van der Waals surface area contributed by atoms with E-state index < -0.39 is 10.0 Å². The first-order valence-electron chi connectivity index (χ1n) is 7.16. The van der Waals surface area contributed by atoms with Crippen LogP contribution < -0.4 is 0 Å². The molecule has 1 aromatic rings. The normalized spacial score (nSPS) is 19.1. The summed E-state index contributed by atoms with van der Waals surface area (Å²) in [6.45, 7) is 5.77. The number of nitriles is 1. The molecule has 0 saturated carbocycles. The number of hydrogen-bond donors (Lipinski definition) is 0. The van der Waals surface area contributed by atoms with Crippen LogP contribution in [0.25, 0.3) is 0 Å². The van der Waals surface area contributed by atoms with Crippen molar-refractivity contribution in [3.8, 4) is 6.07 Å². The zero-order valence-corrected chi connectivity index (χ0v) is 13.3. The van der Waals surface area contributed by atoms with Crippen molar-refractivity contribution in [1.82, 2.24) is 9.21 Å². The molecule has 0 radical (unpaired) electrons. The van der Waals surface area contributed by atoms with Gasteiger partial charge in [-0.15, -0.1) is 0 Å². The van der Waals surface area contributed by atoms with Gasteiger partial charge in [0, 0.05) is 26.2 Å². The summed E-state index contributed by atoms with van der Waals surface area (Å²) in [6, 6.07) is 9.96. The molecule has 0 aromatic heterocycles. The SMILES string of the molecule is CCS(=O)(=O)N1CCN(C(C#N)c2ccc(C)cc2)CC1. The van der Waals surface area contributed by atoms with Crippen molar-refractivity contribution < 1.29 is 8.42 Å². The molecule has 114 valence electrons. The molecule has 1 fully saturated rings. The number of benzene rings is 1. The van der Waals surface area contributed by atoms with Crippen LogP contribution in [0, 0.1) is 18.3 Å². The highest BCUT2D eigenvalue weighted by molar-refractivity contribution is 7.89. The van der Waals surface area contributed by atoms with E-state index in [0.29, 0.717) is 26.2 Å². The van der Waals surface area contributed by atoms with Gasteiger partial charge in [0.25, 0.3) is 0 Å². The molecule has 1 aliphatic heterocycles. The second-order valence-corrected chi connectivity index (χ2v) is 7.54. The third-order valence-electron chi connectivity index (χ3n) is 3.91. The van der Waals surface area contributed by atoms with Gasteiger partial charge < -0.3 is 0 Å². The van der Waals surface area contributed by atoms with Crippen LogP contribution in [0.4, 0.5) is 0 Å². The van der Waals surface area contributed by atoms with Crippen molar-refractivity contribution in [1.29, 1.82) is 5.26 Å². The molecule has 2 rings (SSSR count). The summed E-state index contributed by atoms with van der Waals surface area (Å²) in [5.41, 5.74) is 2.13. The average molecular weight is 307 g/mol. The smallest absolute Gasteiger partial charge is 0.213 e. The first-order chi connectivity index (χ1) is 9.97. The Morgan fingerprint density at radius 3 is 2.24 bits per heavy atom. The molecule has 0 bridgehead atoms. The van der Waals surface area contributed by atoms with E-state index in [-0.39, 0.29) is 11.8 Å². The molecule has 1 atom stereocenters. The van der Waals surface area contributed by atoms with E-state index in [1.165, 1.54) is 4.31 Å². The Morgan fingerprint density at radius 1 is 1.19 bits per heavy atom. The van der Waals surface area contributed by atoms with Gasteiger partial charge in [-0.05, 0) is 19.4 Å². The Hall–Kier alpha value is -1.42. The minimum atomic E-state index is -3.12. The number of aryl methyl sites for hydroxylation is 1. The maximum absolute atomic E-state index is 11.9. The second-order valence-electron chi connectivity index (χ2n) is 5.28. The van der Waals surface area contributed by atoms with Crippen molar-refractivity contribution in [2.75, 3.05) is 31.9 Å². The number of hydrogen-bond acceptors (Lipinski definition) is 4. The Labute approximate surface area is 126 Å². The summed E-state index contributed by atoms with van der Waals surface area (Å²) in [5, 5.41) is 9.45. The van der Waals surface area contributed by atoms with Gasteiger partial charge >= 0.3 is 0 Å². The molecule has 0 amide bonds. The molecule has 1 aliphatic rings. The van der Waals surface area contributed by atoms with E-state index in [1.54, 1.807) is 6.92 Å². The molecule has 1 heterocycles. The van der Waals surface area contributed by atoms with Crippen LogP contribution in [0.5, 0.6) is 0 Å². The summed E-state index contributed by atoms with van der Waals surface area (Å²) >= 11 is 0. The van der Waals surface area contributed by atoms with Gasteiger partial charge in [-0.25, -0.2) is 8.42 Å². The molecule has 21 heavy (non-hydrogen) atoms. The van der Waals surface area contributed by atoms with Crippen LogP contribution in [0.1, 0.15) is 24.1 Å². The van der Waals surface area contributed by atoms with Crippen molar-refractivity contribution in [3.05, 3.63) is 35.4 Å². The Morgan fingerprint density at radius 2 is 1.76 bits per heavy atom. The van der Waals surface area contributed by atoms with Crippen LogP contribution in [0.15, 0.2) is 24.3 Å². The van der Waals surface area contributed by atoms with Crippen molar-refractivity contribution in [2.24, 2.45) is 0 Å². The van der Waals surface area contributed by atoms with E-state index in [0.717, 1.165) is 11.1 Å². The van der Waals surface area contributed by atoms with Crippen LogP contribution >= 0.6 is 0 Å². The van der Waals surface area contributed by atoms with Gasteiger partial charge in [-0.3, -0.25) is 4.90 Å². The predicted molar refractivity (Wildman–Crippen MR) is 82.1 cm³/mol. The lowest BCUT2D eigenvalue weighted by atomic mass is 10.0. The predicted octanol–water partition coefficient (Wildman–Crippen LogP) is 1.53. The topological polar surface area (TPSA) is 64.4 Å². The van der Waals surface area contributed by atoms with Gasteiger partial charge in [0.05, 0.1) is 11.8 Å². The lowest BCUT2D eigenvalue weighted by Crippen LogP contribution is -2.49. The van der Waals surface area contributed by atoms with Crippen molar-refractivity contribution >= 4 is 10.0 Å². The Kier molecular flexibility index (Phi) is 4.99. The molecular weight excluding hydrogens is 286 g/mol. The van der Waals surface area contributed by atoms with Gasteiger partial charge in [-0.2, -0.15) is 9.57 Å². The molecule has 0 N–H and O–H groups in total. The lowest BCUT2D eigenvalue weighted by Gasteiger charge is -2.36. The molecule has 0 spiro atoms. The van der Waals surface area contributed by atoms with E-state index >= 15 is 0 Å². The molecule has 5 nitrogen and oxygen atoms in total. The largest absolute Gasteiger partial charge is 0.282 e. The highest BCUT2D eigenvalue weighted by Crippen LogP contribution is 2.22. The summed E-state index contributed by atoms with van der Waals surface area (Å²) < 4.78 is 25.2. The summed E-state index contributed by atoms with van der Waals surface area (Å²) in [7, 11) is -3.12. The third-order valence-corrected chi connectivity index (χ3v) is 5.79. The van der Waals surface area contributed by atoms with Crippen LogP contribution in [-0.2, 0) is 10.0 Å². The van der Waals surface area contributed by atoms with Gasteiger partial charge in [0.1, 0.15) is 6.04 Å². The van der Waals surface area contributed by atoms with Crippen LogP contribution in [0.2, 0.25) is 0 Å². The fourth-order valence-corrected chi connectivity index (χ4v) is 3.62. The Balaban J connectivity index is 2.07. The number of rotatable bonds is 4. The number of sulfonamides is 1. The average Bonchev–Trinajstić information content (AvgIpc) is 2.50. The molecule has 6 heteroatoms. The highest BCUT2D eigenvalue weighted by Gasteiger charge is 2.29. The van der Waals surface area contributed by atoms with Crippen LogP contribution in [0.3, 0.4) is 0 Å². The Bertz CT molecular complexity index is 611. The summed E-state index contributed by atoms with van der Waals surface area (Å²) in [6.07, 6.45) is 0. The molecule has 1 aromatic carbocycles. The first kappa shape index (κ1) is 16.0. The minimum absolute atomic E-state index is 0.132. The van der Waals surface area contributed by atoms with Gasteiger partial charge in [0.15, 0.2) is 0 Å². The highest BCUT2D eigenvalue weighted by atomic mass is 32.2. The van der Waals surface area contributed by atoms with Gasteiger partial charge in [0.2, 0.25) is 10.0 Å². The maximum atomic E-state index is 11.9. The minimum Gasteiger partial charge on any atom is -0.282 e. The zero-order chi connectivity index (χ0) is 15.5. The van der Waals surface area contributed by atoms with Crippen molar-refractivity contribution in [2.45, 2.75) is 19.9 Å². The lowest BCUT2D eigenvalue weighted by molar-refractivity contribution is 0.162. The number of piperazine rings is 1. The van der Waals surface area contributed by atoms with E-state index in [9.17, 15) is 13.7 Å². The summed E-state index contributed by atoms with van der Waals surface area (Å²) in [5.74, 6) is 0.132.